The zero-order chi connectivity index (χ0) is 12.4. The smallest absolute Gasteiger partial charge is 0.226 e. The maximum atomic E-state index is 12.1. The highest BCUT2D eigenvalue weighted by Crippen LogP contribution is 2.65. The topological polar surface area (TPSA) is 32.3 Å². The zero-order valence-electron chi connectivity index (χ0n) is 11.4. The van der Waals surface area contributed by atoms with Crippen molar-refractivity contribution in [1.82, 2.24) is 10.2 Å². The molecule has 0 aromatic rings. The van der Waals surface area contributed by atoms with Crippen molar-refractivity contribution in [2.45, 2.75) is 40.0 Å². The molecule has 0 bridgehead atoms. The summed E-state index contributed by atoms with van der Waals surface area (Å²) in [5.41, 5.74) is 0.124. The quantitative estimate of drug-likeness (QED) is 0.701. The number of carbonyl (C=O) groups excluding carboxylic acids is 1. The van der Waals surface area contributed by atoms with Gasteiger partial charge in [-0.25, -0.2) is 0 Å². The third-order valence-electron chi connectivity index (χ3n) is 4.02. The van der Waals surface area contributed by atoms with Gasteiger partial charge < -0.3 is 10.2 Å². The molecule has 0 spiro atoms. The second-order valence-electron chi connectivity index (χ2n) is 5.91. The summed E-state index contributed by atoms with van der Waals surface area (Å²) in [6.07, 6.45) is 3.02. The van der Waals surface area contributed by atoms with Crippen molar-refractivity contribution in [2.75, 3.05) is 27.2 Å². The lowest BCUT2D eigenvalue weighted by Crippen LogP contribution is -2.35. The number of carbonyl (C=O) groups is 1. The number of amides is 1. The van der Waals surface area contributed by atoms with Crippen LogP contribution in [0.5, 0.6) is 0 Å². The van der Waals surface area contributed by atoms with Gasteiger partial charge in [-0.1, -0.05) is 20.8 Å². The van der Waals surface area contributed by atoms with E-state index >= 15 is 0 Å². The van der Waals surface area contributed by atoms with Gasteiger partial charge in [-0.15, -0.1) is 0 Å². The van der Waals surface area contributed by atoms with E-state index in [1.165, 1.54) is 0 Å². The predicted molar refractivity (Wildman–Crippen MR) is 67.3 cm³/mol. The van der Waals surface area contributed by atoms with Gasteiger partial charge >= 0.3 is 0 Å². The summed E-state index contributed by atoms with van der Waals surface area (Å²) in [4.78, 5) is 14.2. The highest BCUT2D eigenvalue weighted by molar-refractivity contribution is 5.86. The molecule has 1 amide bonds. The lowest BCUT2D eigenvalue weighted by atomic mass is 9.92. The predicted octanol–water partition coefficient (Wildman–Crippen LogP) is 1.88. The molecule has 1 fully saturated rings. The highest BCUT2D eigenvalue weighted by atomic mass is 16.2. The van der Waals surface area contributed by atoms with Gasteiger partial charge in [0.25, 0.3) is 0 Å². The molecule has 0 heterocycles. The monoisotopic (exact) mass is 226 g/mol. The Labute approximate surface area is 99.6 Å². The third-order valence-corrected chi connectivity index (χ3v) is 4.02. The van der Waals surface area contributed by atoms with Gasteiger partial charge in [0.2, 0.25) is 5.91 Å². The fourth-order valence-corrected chi connectivity index (χ4v) is 2.63. The minimum absolute atomic E-state index is 0.0783. The van der Waals surface area contributed by atoms with E-state index in [0.717, 1.165) is 32.4 Å². The molecule has 1 N–H and O–H groups in total. The van der Waals surface area contributed by atoms with E-state index in [1.807, 2.05) is 0 Å². The molecule has 3 heteroatoms. The van der Waals surface area contributed by atoms with E-state index < -0.39 is 0 Å². The Morgan fingerprint density at radius 3 is 2.31 bits per heavy atom. The molecule has 1 rings (SSSR count). The first-order valence-electron chi connectivity index (χ1n) is 6.29. The van der Waals surface area contributed by atoms with E-state index in [2.05, 4.69) is 45.1 Å². The van der Waals surface area contributed by atoms with E-state index in [1.54, 1.807) is 0 Å². The zero-order valence-corrected chi connectivity index (χ0v) is 11.4. The molecule has 1 aliphatic rings. The summed E-state index contributed by atoms with van der Waals surface area (Å²) in [6.45, 7) is 8.33. The van der Waals surface area contributed by atoms with Crippen molar-refractivity contribution >= 4 is 5.91 Å². The molecule has 3 nitrogen and oxygen atoms in total. The van der Waals surface area contributed by atoms with Crippen LogP contribution in [0.3, 0.4) is 0 Å². The first kappa shape index (κ1) is 13.5. The number of rotatable bonds is 6. The van der Waals surface area contributed by atoms with Gasteiger partial charge in [0, 0.05) is 6.54 Å². The van der Waals surface area contributed by atoms with Crippen LogP contribution in [0.1, 0.15) is 40.0 Å². The van der Waals surface area contributed by atoms with Crippen molar-refractivity contribution in [1.29, 1.82) is 0 Å². The molecule has 0 saturated heterocycles. The Morgan fingerprint density at radius 1 is 1.38 bits per heavy atom. The molecule has 1 saturated carbocycles. The Balaban J connectivity index is 2.31. The number of hydrogen-bond acceptors (Lipinski definition) is 2. The molecule has 0 aromatic carbocycles. The maximum absolute atomic E-state index is 12.1. The Bertz CT molecular complexity index is 261. The third kappa shape index (κ3) is 2.57. The van der Waals surface area contributed by atoms with Crippen LogP contribution in [0.25, 0.3) is 0 Å². The second kappa shape index (κ2) is 4.74. The standard InChI is InChI=1S/C13H26N2O/c1-6-13(10-12(13,2)3)11(16)14-8-7-9-15(4)5/h6-10H2,1-5H3,(H,14,16). The summed E-state index contributed by atoms with van der Waals surface area (Å²) < 4.78 is 0. The van der Waals surface area contributed by atoms with Crippen molar-refractivity contribution in [2.24, 2.45) is 10.8 Å². The maximum Gasteiger partial charge on any atom is 0.226 e. The van der Waals surface area contributed by atoms with Gasteiger partial charge in [-0.3, -0.25) is 4.79 Å². The molecule has 0 aromatic heterocycles. The van der Waals surface area contributed by atoms with E-state index in [0.29, 0.717) is 0 Å². The van der Waals surface area contributed by atoms with Gasteiger partial charge in [0.1, 0.15) is 0 Å². The molecule has 1 aliphatic carbocycles. The Hall–Kier alpha value is -0.570. The van der Waals surface area contributed by atoms with Crippen LogP contribution in [0, 0.1) is 10.8 Å². The van der Waals surface area contributed by atoms with Crippen LogP contribution in [-0.4, -0.2) is 38.0 Å². The second-order valence-corrected chi connectivity index (χ2v) is 5.91. The first-order chi connectivity index (χ1) is 7.35. The van der Waals surface area contributed by atoms with Gasteiger partial charge in [0.15, 0.2) is 0 Å². The molecule has 1 unspecified atom stereocenters. The molecule has 0 radical (unpaired) electrons. The summed E-state index contributed by atoms with van der Waals surface area (Å²) >= 11 is 0. The summed E-state index contributed by atoms with van der Waals surface area (Å²) in [5, 5.41) is 3.08. The number of nitrogens with one attached hydrogen (secondary N) is 1. The van der Waals surface area contributed by atoms with Crippen LogP contribution in [0.4, 0.5) is 0 Å². The molecule has 0 aliphatic heterocycles. The number of nitrogens with zero attached hydrogens (tertiary/aromatic N) is 1. The fourth-order valence-electron chi connectivity index (χ4n) is 2.63. The fraction of sp³-hybridized carbons (Fsp3) is 0.923. The summed E-state index contributed by atoms with van der Waals surface area (Å²) in [7, 11) is 4.11. The van der Waals surface area contributed by atoms with Crippen LogP contribution in [-0.2, 0) is 4.79 Å². The summed E-state index contributed by atoms with van der Waals surface area (Å²) in [5.74, 6) is 0.263. The molecule has 94 valence electrons. The first-order valence-corrected chi connectivity index (χ1v) is 6.29. The average Bonchev–Trinajstić information content (AvgIpc) is 2.76. The van der Waals surface area contributed by atoms with Crippen LogP contribution in [0.15, 0.2) is 0 Å². The normalized spacial score (nSPS) is 26.9. The van der Waals surface area contributed by atoms with Crippen molar-refractivity contribution in [3.05, 3.63) is 0 Å². The largest absolute Gasteiger partial charge is 0.356 e. The number of hydrogen-bond donors (Lipinski definition) is 1. The van der Waals surface area contributed by atoms with Gasteiger partial charge in [-0.05, 0) is 45.3 Å². The Kier molecular flexibility index (Phi) is 4.00. The molecule has 16 heavy (non-hydrogen) atoms. The minimum atomic E-state index is -0.0783. The lowest BCUT2D eigenvalue weighted by Gasteiger charge is -2.18. The van der Waals surface area contributed by atoms with Crippen LogP contribution >= 0.6 is 0 Å². The molecule has 1 atom stereocenters. The van der Waals surface area contributed by atoms with Crippen molar-refractivity contribution < 1.29 is 4.79 Å². The highest BCUT2D eigenvalue weighted by Gasteiger charge is 2.64. The average molecular weight is 226 g/mol. The lowest BCUT2D eigenvalue weighted by molar-refractivity contribution is -0.127. The van der Waals surface area contributed by atoms with Crippen LogP contribution < -0.4 is 5.32 Å². The summed E-state index contributed by atoms with van der Waals surface area (Å²) in [6, 6.07) is 0. The molecular weight excluding hydrogens is 200 g/mol. The van der Waals surface area contributed by atoms with Gasteiger partial charge in [0.05, 0.1) is 5.41 Å². The van der Waals surface area contributed by atoms with Crippen LogP contribution in [0.2, 0.25) is 0 Å². The van der Waals surface area contributed by atoms with E-state index in [4.69, 9.17) is 0 Å². The molecular formula is C13H26N2O. The van der Waals surface area contributed by atoms with Crippen molar-refractivity contribution in [3.63, 3.8) is 0 Å². The van der Waals surface area contributed by atoms with E-state index in [9.17, 15) is 4.79 Å². The SMILES string of the molecule is CCC1(C(=O)NCCCN(C)C)CC1(C)C. The van der Waals surface area contributed by atoms with Crippen molar-refractivity contribution in [3.8, 4) is 0 Å². The Morgan fingerprint density at radius 2 is 1.94 bits per heavy atom. The van der Waals surface area contributed by atoms with E-state index in [-0.39, 0.29) is 16.7 Å². The minimum Gasteiger partial charge on any atom is -0.356 e. The van der Waals surface area contributed by atoms with Gasteiger partial charge in [-0.2, -0.15) is 0 Å².